The van der Waals surface area contributed by atoms with Crippen molar-refractivity contribution in [2.45, 2.75) is 58.5 Å². The number of amides is 1. The van der Waals surface area contributed by atoms with Gasteiger partial charge in [-0.25, -0.2) is 4.79 Å². The zero-order chi connectivity index (χ0) is 14.3. The van der Waals surface area contributed by atoms with E-state index in [1.807, 2.05) is 20.8 Å². The van der Waals surface area contributed by atoms with E-state index in [-0.39, 0.29) is 5.41 Å². The van der Waals surface area contributed by atoms with Crippen molar-refractivity contribution in [1.29, 1.82) is 0 Å². The highest BCUT2D eigenvalue weighted by atomic mass is 16.6. The molecule has 5 heteroatoms. The van der Waals surface area contributed by atoms with Crippen LogP contribution in [-0.4, -0.2) is 29.3 Å². The van der Waals surface area contributed by atoms with E-state index in [4.69, 9.17) is 4.74 Å². The predicted octanol–water partition coefficient (Wildman–Crippen LogP) is 2.55. The number of carboxylic acid groups (broad SMARTS) is 1. The summed E-state index contributed by atoms with van der Waals surface area (Å²) in [7, 11) is 0. The molecule has 3 fully saturated rings. The predicted molar refractivity (Wildman–Crippen MR) is 69.8 cm³/mol. The van der Waals surface area contributed by atoms with Crippen molar-refractivity contribution in [3.05, 3.63) is 0 Å². The molecule has 0 aromatic carbocycles. The third kappa shape index (κ3) is 2.85. The molecule has 1 amide bonds. The van der Waals surface area contributed by atoms with Gasteiger partial charge >= 0.3 is 12.1 Å². The first-order chi connectivity index (χ1) is 8.67. The molecule has 2 N–H and O–H groups in total. The quantitative estimate of drug-likeness (QED) is 0.825. The molecule has 0 spiro atoms. The van der Waals surface area contributed by atoms with Gasteiger partial charge in [-0.15, -0.1) is 0 Å². The number of ether oxygens (including phenoxy) is 1. The van der Waals surface area contributed by atoms with E-state index in [0.29, 0.717) is 19.4 Å². The first kappa shape index (κ1) is 14.2. The van der Waals surface area contributed by atoms with Crippen molar-refractivity contribution < 1.29 is 19.4 Å². The van der Waals surface area contributed by atoms with Gasteiger partial charge in [0.2, 0.25) is 0 Å². The van der Waals surface area contributed by atoms with Gasteiger partial charge in [0.25, 0.3) is 0 Å². The van der Waals surface area contributed by atoms with Crippen molar-refractivity contribution >= 4 is 12.1 Å². The number of hydrogen-bond acceptors (Lipinski definition) is 3. The molecule has 5 nitrogen and oxygen atoms in total. The monoisotopic (exact) mass is 269 g/mol. The molecule has 0 aromatic heterocycles. The topological polar surface area (TPSA) is 75.6 Å². The van der Waals surface area contributed by atoms with E-state index in [2.05, 4.69) is 5.32 Å². The van der Waals surface area contributed by atoms with Crippen molar-refractivity contribution in [1.82, 2.24) is 5.32 Å². The molecule has 0 aromatic rings. The standard InChI is InChI=1S/C14H23NO4/c1-12(2,3)19-11(18)15-9-13-5-4-6-14(7-13,8-13)10(16)17/h4-9H2,1-3H3,(H,15,18)(H,16,17). The van der Waals surface area contributed by atoms with Crippen LogP contribution in [0, 0.1) is 10.8 Å². The van der Waals surface area contributed by atoms with Crippen LogP contribution in [0.2, 0.25) is 0 Å². The number of carboxylic acids is 1. The highest BCUT2D eigenvalue weighted by molar-refractivity contribution is 5.76. The summed E-state index contributed by atoms with van der Waals surface area (Å²) in [4.78, 5) is 22.9. The summed E-state index contributed by atoms with van der Waals surface area (Å²) in [5.74, 6) is -0.680. The van der Waals surface area contributed by atoms with Gasteiger partial charge in [-0.2, -0.15) is 0 Å². The first-order valence-corrected chi connectivity index (χ1v) is 6.87. The number of hydrogen-bond donors (Lipinski definition) is 2. The molecule has 3 aliphatic carbocycles. The molecule has 3 saturated carbocycles. The number of alkyl carbamates (subject to hydrolysis) is 1. The van der Waals surface area contributed by atoms with E-state index < -0.39 is 23.1 Å². The lowest BCUT2D eigenvalue weighted by Crippen LogP contribution is -2.58. The molecule has 0 aliphatic heterocycles. The fraction of sp³-hybridized carbons (Fsp3) is 0.857. The molecule has 0 atom stereocenters. The number of carbonyl (C=O) groups is 2. The first-order valence-electron chi connectivity index (χ1n) is 6.87. The average molecular weight is 269 g/mol. The van der Waals surface area contributed by atoms with Crippen LogP contribution in [0.4, 0.5) is 4.79 Å². The third-order valence-electron chi connectivity index (χ3n) is 4.25. The van der Waals surface area contributed by atoms with Crippen LogP contribution in [0.5, 0.6) is 0 Å². The normalized spacial score (nSPS) is 33.2. The van der Waals surface area contributed by atoms with Crippen LogP contribution >= 0.6 is 0 Å². The van der Waals surface area contributed by atoms with E-state index in [1.54, 1.807) is 0 Å². The number of rotatable bonds is 3. The number of nitrogens with one attached hydrogen (secondary N) is 1. The summed E-state index contributed by atoms with van der Waals surface area (Å²) in [5.41, 5.74) is -1.04. The average Bonchev–Trinajstić information content (AvgIpc) is 2.23. The molecular formula is C14H23NO4. The maximum atomic E-state index is 11.6. The Balaban J connectivity index is 1.85. The van der Waals surface area contributed by atoms with Crippen LogP contribution in [0.1, 0.15) is 52.9 Å². The molecule has 0 unspecified atom stereocenters. The second kappa shape index (κ2) is 4.39. The zero-order valence-electron chi connectivity index (χ0n) is 11.9. The largest absolute Gasteiger partial charge is 0.481 e. The fourth-order valence-electron chi connectivity index (χ4n) is 3.58. The lowest BCUT2D eigenvalue weighted by molar-refractivity contribution is -0.175. The van der Waals surface area contributed by atoms with Gasteiger partial charge in [0.15, 0.2) is 0 Å². The Kier molecular flexibility index (Phi) is 3.27. The van der Waals surface area contributed by atoms with E-state index >= 15 is 0 Å². The van der Waals surface area contributed by atoms with Gasteiger partial charge in [0.1, 0.15) is 5.60 Å². The van der Waals surface area contributed by atoms with Gasteiger partial charge in [0, 0.05) is 6.54 Å². The van der Waals surface area contributed by atoms with Gasteiger partial charge in [-0.05, 0) is 51.9 Å². The maximum Gasteiger partial charge on any atom is 0.407 e. The number of aliphatic carboxylic acids is 1. The summed E-state index contributed by atoms with van der Waals surface area (Å²) in [6, 6.07) is 0. The molecule has 108 valence electrons. The lowest BCUT2D eigenvalue weighted by atomic mass is 9.46. The summed E-state index contributed by atoms with van der Waals surface area (Å²) in [6.45, 7) is 6.00. The Labute approximate surface area is 113 Å². The Bertz CT molecular complexity index is 391. The molecule has 0 radical (unpaired) electrons. The van der Waals surface area contributed by atoms with Crippen LogP contribution in [0.25, 0.3) is 0 Å². The van der Waals surface area contributed by atoms with Gasteiger partial charge in [-0.1, -0.05) is 6.42 Å². The van der Waals surface area contributed by atoms with Crippen LogP contribution in [0.15, 0.2) is 0 Å². The van der Waals surface area contributed by atoms with Crippen molar-refractivity contribution in [3.8, 4) is 0 Å². The zero-order valence-corrected chi connectivity index (χ0v) is 11.9. The summed E-state index contributed by atoms with van der Waals surface area (Å²) >= 11 is 0. The second-order valence-corrected chi connectivity index (χ2v) is 7.15. The number of fused-ring (bicyclic) bond motifs is 2. The molecule has 2 bridgehead atoms. The molecule has 3 aliphatic rings. The highest BCUT2D eigenvalue weighted by Gasteiger charge is 2.61. The summed E-state index contributed by atoms with van der Waals surface area (Å²) in [6.07, 6.45) is 3.66. The highest BCUT2D eigenvalue weighted by Crippen LogP contribution is 2.63. The van der Waals surface area contributed by atoms with Crippen molar-refractivity contribution in [2.24, 2.45) is 10.8 Å². The van der Waals surface area contributed by atoms with E-state index in [1.165, 1.54) is 0 Å². The minimum atomic E-state index is -0.680. The minimum absolute atomic E-state index is 0.0203. The van der Waals surface area contributed by atoms with Gasteiger partial charge in [0.05, 0.1) is 5.41 Å². The Hall–Kier alpha value is -1.26. The van der Waals surface area contributed by atoms with Gasteiger partial charge in [-0.3, -0.25) is 4.79 Å². The molecule has 19 heavy (non-hydrogen) atoms. The molecular weight excluding hydrogens is 246 g/mol. The SMILES string of the molecule is CC(C)(C)OC(=O)NCC12CCCC(C(=O)O)(C1)C2. The van der Waals surface area contributed by atoms with Gasteiger partial charge < -0.3 is 15.2 Å². The molecule has 3 rings (SSSR count). The smallest absolute Gasteiger partial charge is 0.407 e. The fourth-order valence-corrected chi connectivity index (χ4v) is 3.58. The minimum Gasteiger partial charge on any atom is -0.481 e. The molecule has 0 heterocycles. The maximum absolute atomic E-state index is 11.6. The van der Waals surface area contributed by atoms with Crippen LogP contribution in [-0.2, 0) is 9.53 Å². The number of carbonyl (C=O) groups excluding carboxylic acids is 1. The van der Waals surface area contributed by atoms with E-state index in [0.717, 1.165) is 19.3 Å². The van der Waals surface area contributed by atoms with Crippen LogP contribution in [0.3, 0.4) is 0 Å². The molecule has 0 saturated heterocycles. The van der Waals surface area contributed by atoms with E-state index in [9.17, 15) is 14.7 Å². The van der Waals surface area contributed by atoms with Crippen molar-refractivity contribution in [3.63, 3.8) is 0 Å². The lowest BCUT2D eigenvalue weighted by Gasteiger charge is -2.58. The second-order valence-electron chi connectivity index (χ2n) is 7.15. The Morgan fingerprint density at radius 2 is 1.89 bits per heavy atom. The Morgan fingerprint density at radius 3 is 2.42 bits per heavy atom. The van der Waals surface area contributed by atoms with Crippen LogP contribution < -0.4 is 5.32 Å². The summed E-state index contributed by atoms with van der Waals surface area (Å²) < 4.78 is 5.20. The Morgan fingerprint density at radius 1 is 1.26 bits per heavy atom. The third-order valence-corrected chi connectivity index (χ3v) is 4.25. The van der Waals surface area contributed by atoms with Crippen molar-refractivity contribution in [2.75, 3.05) is 6.54 Å². The summed E-state index contributed by atoms with van der Waals surface area (Å²) in [5, 5.41) is 12.1.